The van der Waals surface area contributed by atoms with Gasteiger partial charge < -0.3 is 5.73 Å². The molecule has 0 aliphatic rings. The van der Waals surface area contributed by atoms with Crippen LogP contribution < -0.4 is 5.73 Å². The Morgan fingerprint density at radius 1 is 1.46 bits per heavy atom. The van der Waals surface area contributed by atoms with E-state index in [-0.39, 0.29) is 0 Å². The maximum absolute atomic E-state index is 6.05. The molecule has 0 bridgehead atoms. The zero-order chi connectivity index (χ0) is 9.42. The van der Waals surface area contributed by atoms with Gasteiger partial charge in [-0.1, -0.05) is 13.0 Å². The number of hydrogen-bond donors (Lipinski definition) is 1. The minimum atomic E-state index is 0.962. The fourth-order valence-electron chi connectivity index (χ4n) is 1.70. The molecule has 0 saturated carbocycles. The Kier molecular flexibility index (Phi) is 2.00. The van der Waals surface area contributed by atoms with Gasteiger partial charge in [-0.3, -0.25) is 0 Å². The largest absolute Gasteiger partial charge is 0.398 e. The first-order valence-electron chi connectivity index (χ1n) is 4.49. The van der Waals surface area contributed by atoms with Crippen molar-refractivity contribution in [2.24, 2.45) is 0 Å². The topological polar surface area (TPSA) is 26.0 Å². The molecule has 2 rings (SSSR count). The van der Waals surface area contributed by atoms with Crippen LogP contribution in [0.2, 0.25) is 0 Å². The summed E-state index contributed by atoms with van der Waals surface area (Å²) in [7, 11) is 0. The molecule has 68 valence electrons. The third kappa shape index (κ3) is 1.22. The van der Waals surface area contributed by atoms with Gasteiger partial charge in [-0.05, 0) is 35.9 Å². The molecule has 0 radical (unpaired) electrons. The van der Waals surface area contributed by atoms with Crippen molar-refractivity contribution >= 4 is 27.1 Å². The number of aryl methyl sites for hydroxylation is 2. The van der Waals surface area contributed by atoms with E-state index in [1.54, 1.807) is 11.3 Å². The zero-order valence-corrected chi connectivity index (χ0v) is 8.74. The molecule has 13 heavy (non-hydrogen) atoms. The first kappa shape index (κ1) is 8.57. The Balaban J connectivity index is 2.85. The second-order valence-electron chi connectivity index (χ2n) is 3.28. The summed E-state index contributed by atoms with van der Waals surface area (Å²) < 4.78 is 1.33. The Labute approximate surface area is 82.2 Å². The van der Waals surface area contributed by atoms with Crippen LogP contribution in [0, 0.1) is 6.92 Å². The van der Waals surface area contributed by atoms with Crippen LogP contribution in [-0.4, -0.2) is 0 Å². The average Bonchev–Trinajstić information content (AvgIpc) is 2.60. The fraction of sp³-hybridized carbons (Fsp3) is 0.273. The number of hydrogen-bond acceptors (Lipinski definition) is 2. The van der Waals surface area contributed by atoms with Crippen LogP contribution in [-0.2, 0) is 6.42 Å². The molecule has 0 aliphatic heterocycles. The Bertz CT molecular complexity index is 443. The summed E-state index contributed by atoms with van der Waals surface area (Å²) in [5.74, 6) is 0. The van der Waals surface area contributed by atoms with Crippen molar-refractivity contribution in [2.75, 3.05) is 5.73 Å². The lowest BCUT2D eigenvalue weighted by Crippen LogP contribution is -1.94. The molecule has 0 atom stereocenters. The Morgan fingerprint density at radius 3 is 2.92 bits per heavy atom. The number of nitrogens with two attached hydrogens (primary N) is 1. The van der Waals surface area contributed by atoms with Crippen molar-refractivity contribution in [1.29, 1.82) is 0 Å². The zero-order valence-electron chi connectivity index (χ0n) is 7.92. The van der Waals surface area contributed by atoms with Crippen molar-refractivity contribution in [1.82, 2.24) is 0 Å². The molecule has 0 amide bonds. The van der Waals surface area contributed by atoms with Gasteiger partial charge in [-0.15, -0.1) is 11.3 Å². The van der Waals surface area contributed by atoms with E-state index in [9.17, 15) is 0 Å². The Hall–Kier alpha value is -1.02. The van der Waals surface area contributed by atoms with Crippen molar-refractivity contribution < 1.29 is 0 Å². The first-order valence-corrected chi connectivity index (χ1v) is 5.37. The second-order valence-corrected chi connectivity index (χ2v) is 4.20. The van der Waals surface area contributed by atoms with Crippen molar-refractivity contribution in [3.05, 3.63) is 28.6 Å². The first-order chi connectivity index (χ1) is 6.24. The molecule has 0 spiro atoms. The van der Waals surface area contributed by atoms with Gasteiger partial charge in [0.2, 0.25) is 0 Å². The molecule has 2 N–H and O–H groups in total. The average molecular weight is 191 g/mol. The lowest BCUT2D eigenvalue weighted by molar-refractivity contribution is 1.14. The molecule has 0 unspecified atom stereocenters. The summed E-state index contributed by atoms with van der Waals surface area (Å²) >= 11 is 1.77. The number of thiophene rings is 1. The van der Waals surface area contributed by atoms with Crippen LogP contribution in [0.15, 0.2) is 17.5 Å². The highest BCUT2D eigenvalue weighted by molar-refractivity contribution is 7.17. The number of anilines is 1. The van der Waals surface area contributed by atoms with Gasteiger partial charge in [0.25, 0.3) is 0 Å². The highest BCUT2D eigenvalue weighted by atomic mass is 32.1. The third-order valence-electron chi connectivity index (χ3n) is 2.43. The predicted octanol–water partition coefficient (Wildman–Crippen LogP) is 3.35. The van der Waals surface area contributed by atoms with Gasteiger partial charge >= 0.3 is 0 Å². The van der Waals surface area contributed by atoms with Crippen LogP contribution >= 0.6 is 11.3 Å². The SMILES string of the molecule is CCc1cc(C)c2sccc2c1N. The summed E-state index contributed by atoms with van der Waals surface area (Å²) in [5, 5.41) is 3.33. The van der Waals surface area contributed by atoms with E-state index in [1.165, 1.54) is 21.2 Å². The standard InChI is InChI=1S/C11H13NS/c1-3-8-6-7(2)11-9(10(8)12)4-5-13-11/h4-6H,3,12H2,1-2H3. The lowest BCUT2D eigenvalue weighted by atomic mass is 10.0. The van der Waals surface area contributed by atoms with E-state index in [2.05, 4.69) is 31.4 Å². The van der Waals surface area contributed by atoms with Crippen LogP contribution in [0.4, 0.5) is 5.69 Å². The normalized spacial score (nSPS) is 10.9. The number of benzene rings is 1. The van der Waals surface area contributed by atoms with Gasteiger partial charge in [-0.25, -0.2) is 0 Å². The van der Waals surface area contributed by atoms with Crippen molar-refractivity contribution in [2.45, 2.75) is 20.3 Å². The summed E-state index contributed by atoms with van der Waals surface area (Å²) in [5.41, 5.74) is 9.62. The summed E-state index contributed by atoms with van der Waals surface area (Å²) in [6.07, 6.45) is 1.01. The number of rotatable bonds is 1. The van der Waals surface area contributed by atoms with Crippen molar-refractivity contribution in [3.63, 3.8) is 0 Å². The highest BCUT2D eigenvalue weighted by Gasteiger charge is 2.06. The van der Waals surface area contributed by atoms with E-state index in [0.717, 1.165) is 12.1 Å². The lowest BCUT2D eigenvalue weighted by Gasteiger charge is -2.06. The van der Waals surface area contributed by atoms with Crippen LogP contribution in [0.3, 0.4) is 0 Å². The van der Waals surface area contributed by atoms with E-state index in [1.807, 2.05) is 0 Å². The van der Waals surface area contributed by atoms with Crippen LogP contribution in [0.25, 0.3) is 10.1 Å². The second kappa shape index (κ2) is 3.04. The van der Waals surface area contributed by atoms with Crippen LogP contribution in [0.1, 0.15) is 18.1 Å². The Morgan fingerprint density at radius 2 is 2.23 bits per heavy atom. The molecule has 1 aromatic carbocycles. The predicted molar refractivity (Wildman–Crippen MR) is 60.4 cm³/mol. The molecule has 0 aliphatic carbocycles. The minimum Gasteiger partial charge on any atom is -0.398 e. The fourth-order valence-corrected chi connectivity index (χ4v) is 2.59. The molecular weight excluding hydrogens is 178 g/mol. The van der Waals surface area contributed by atoms with E-state index in [0.29, 0.717) is 0 Å². The maximum atomic E-state index is 6.05. The van der Waals surface area contributed by atoms with Gasteiger partial charge in [0.15, 0.2) is 0 Å². The van der Waals surface area contributed by atoms with E-state index >= 15 is 0 Å². The monoisotopic (exact) mass is 191 g/mol. The highest BCUT2D eigenvalue weighted by Crippen LogP contribution is 2.32. The molecule has 1 heterocycles. The number of nitrogen functional groups attached to an aromatic ring is 1. The number of fused-ring (bicyclic) bond motifs is 1. The molecule has 1 nitrogen and oxygen atoms in total. The summed E-state index contributed by atoms with van der Waals surface area (Å²) in [6.45, 7) is 4.29. The maximum Gasteiger partial charge on any atom is 0.0434 e. The van der Waals surface area contributed by atoms with E-state index < -0.39 is 0 Å². The quantitative estimate of drug-likeness (QED) is 0.687. The summed E-state index contributed by atoms with van der Waals surface area (Å²) in [4.78, 5) is 0. The third-order valence-corrected chi connectivity index (χ3v) is 3.48. The van der Waals surface area contributed by atoms with Gasteiger partial charge in [0.1, 0.15) is 0 Å². The molecule has 0 saturated heterocycles. The molecule has 0 fully saturated rings. The molecular formula is C11H13NS. The van der Waals surface area contributed by atoms with Crippen LogP contribution in [0.5, 0.6) is 0 Å². The minimum absolute atomic E-state index is 0.962. The molecule has 2 heteroatoms. The molecule has 2 aromatic rings. The van der Waals surface area contributed by atoms with Gasteiger partial charge in [0, 0.05) is 15.8 Å². The molecule has 1 aromatic heterocycles. The van der Waals surface area contributed by atoms with Crippen molar-refractivity contribution in [3.8, 4) is 0 Å². The van der Waals surface area contributed by atoms with Gasteiger partial charge in [-0.2, -0.15) is 0 Å². The van der Waals surface area contributed by atoms with E-state index in [4.69, 9.17) is 5.73 Å². The summed E-state index contributed by atoms with van der Waals surface area (Å²) in [6, 6.07) is 4.32. The smallest absolute Gasteiger partial charge is 0.0434 e. The van der Waals surface area contributed by atoms with Gasteiger partial charge in [0.05, 0.1) is 0 Å².